The summed E-state index contributed by atoms with van der Waals surface area (Å²) < 4.78 is 11.5. The molecule has 0 radical (unpaired) electrons. The predicted molar refractivity (Wildman–Crippen MR) is 128 cm³/mol. The van der Waals surface area contributed by atoms with E-state index in [-0.39, 0.29) is 17.3 Å². The summed E-state index contributed by atoms with van der Waals surface area (Å²) in [5, 5.41) is 9.26. The van der Waals surface area contributed by atoms with Crippen molar-refractivity contribution in [3.05, 3.63) is 78.9 Å². The molecule has 0 bridgehead atoms. The molecule has 0 aliphatic heterocycles. The minimum Gasteiger partial charge on any atom is -0.550 e. The van der Waals surface area contributed by atoms with Gasteiger partial charge in [-0.25, -0.2) is 0 Å². The van der Waals surface area contributed by atoms with Crippen LogP contribution in [0.1, 0.15) is 40.0 Å². The fourth-order valence-electron chi connectivity index (χ4n) is 2.75. The second-order valence-corrected chi connectivity index (χ2v) is 9.01. The van der Waals surface area contributed by atoms with Crippen molar-refractivity contribution in [3.8, 4) is 11.5 Å². The summed E-state index contributed by atoms with van der Waals surface area (Å²) in [5.74, 6) is 0.867. The van der Waals surface area contributed by atoms with E-state index in [0.717, 1.165) is 37.6 Å². The second kappa shape index (κ2) is 14.2. The van der Waals surface area contributed by atoms with E-state index in [1.165, 1.54) is 21.6 Å². The molecule has 0 aliphatic carbocycles. The first-order chi connectivity index (χ1) is 15.6. The van der Waals surface area contributed by atoms with Crippen LogP contribution < -0.4 is 14.6 Å². The highest BCUT2D eigenvalue weighted by molar-refractivity contribution is 7.97. The molecule has 0 atom stereocenters. The average molecular weight is 453 g/mol. The van der Waals surface area contributed by atoms with Crippen molar-refractivity contribution in [2.24, 2.45) is 0 Å². The second-order valence-electron chi connectivity index (χ2n) is 6.98. The number of hydrogen-bond acceptors (Lipinski definition) is 4. The number of carboxylic acid groups (broad SMARTS) is 1. The molecular weight excluding hydrogens is 420 g/mol. The Balaban J connectivity index is 0.000000654. The van der Waals surface area contributed by atoms with Gasteiger partial charge in [0.15, 0.2) is 14.7 Å². The van der Waals surface area contributed by atoms with Crippen LogP contribution in [0.4, 0.5) is 0 Å². The summed E-state index contributed by atoms with van der Waals surface area (Å²) in [4.78, 5) is 13.1. The normalized spacial score (nSPS) is 10.2. The number of carboxylic acids is 1. The van der Waals surface area contributed by atoms with E-state index in [4.69, 9.17) is 9.47 Å². The summed E-state index contributed by atoms with van der Waals surface area (Å²) in [6, 6.07) is 27.7. The van der Waals surface area contributed by atoms with Crippen LogP contribution in [0.15, 0.2) is 93.5 Å². The summed E-state index contributed by atoms with van der Waals surface area (Å²) in [5.41, 5.74) is 0. The molecule has 5 heteroatoms. The topological polar surface area (TPSA) is 58.6 Å². The van der Waals surface area contributed by atoms with Crippen LogP contribution in [-0.4, -0.2) is 19.2 Å². The molecule has 0 unspecified atom stereocenters. The smallest absolute Gasteiger partial charge is 0.166 e. The molecular formula is C27H32O4S. The Kier molecular flexibility index (Phi) is 11.2. The zero-order valence-electron chi connectivity index (χ0n) is 19.1. The van der Waals surface area contributed by atoms with E-state index in [9.17, 15) is 9.90 Å². The van der Waals surface area contributed by atoms with E-state index in [1.807, 2.05) is 0 Å². The largest absolute Gasteiger partial charge is 0.550 e. The van der Waals surface area contributed by atoms with Crippen molar-refractivity contribution in [1.82, 2.24) is 0 Å². The molecule has 4 nitrogen and oxygen atoms in total. The van der Waals surface area contributed by atoms with Gasteiger partial charge in [0.1, 0.15) is 11.5 Å². The van der Waals surface area contributed by atoms with Gasteiger partial charge in [0.2, 0.25) is 0 Å². The highest BCUT2D eigenvalue weighted by Gasteiger charge is 2.28. The Morgan fingerprint density at radius 1 is 0.688 bits per heavy atom. The maximum absolute atomic E-state index is 9.26. The summed E-state index contributed by atoms with van der Waals surface area (Å²) in [7, 11) is -0.154. The van der Waals surface area contributed by atoms with Gasteiger partial charge in [0.25, 0.3) is 0 Å². The van der Waals surface area contributed by atoms with Crippen LogP contribution in [0.2, 0.25) is 0 Å². The average Bonchev–Trinajstić information content (AvgIpc) is 2.84. The van der Waals surface area contributed by atoms with Crippen molar-refractivity contribution < 1.29 is 19.4 Å². The van der Waals surface area contributed by atoms with Gasteiger partial charge in [-0.15, -0.1) is 0 Å². The van der Waals surface area contributed by atoms with Gasteiger partial charge in [-0.05, 0) is 79.9 Å². The third-order valence-electron chi connectivity index (χ3n) is 4.33. The van der Waals surface area contributed by atoms with E-state index >= 15 is 0 Å². The Labute approximate surface area is 194 Å². The van der Waals surface area contributed by atoms with Crippen molar-refractivity contribution in [3.63, 3.8) is 0 Å². The zero-order valence-corrected chi connectivity index (χ0v) is 19.9. The number of hydrogen-bond donors (Lipinski definition) is 0. The number of rotatable bonds is 10. The minimum atomic E-state index is -0.995. The summed E-state index contributed by atoms with van der Waals surface area (Å²) in [6.07, 6.45) is 2.14. The van der Waals surface area contributed by atoms with Crippen molar-refractivity contribution in [2.45, 2.75) is 54.7 Å². The number of carbonyl (C=O) groups excluding carboxylic acids is 1. The molecule has 170 valence electrons. The van der Waals surface area contributed by atoms with E-state index in [2.05, 4.69) is 92.7 Å². The quantitative estimate of drug-likeness (QED) is 0.381. The minimum absolute atomic E-state index is 0.111. The van der Waals surface area contributed by atoms with Crippen molar-refractivity contribution >= 4 is 16.9 Å². The van der Waals surface area contributed by atoms with Crippen LogP contribution in [0.5, 0.6) is 11.5 Å². The molecule has 0 heterocycles. The molecule has 3 rings (SSSR count). The maximum atomic E-state index is 9.26. The SMILES string of the molecule is CCC(=O)[O-].CCCOc1ccc([S+](c2ccccc2)c2ccc(OCCC)cc2)cc1. The molecule has 32 heavy (non-hydrogen) atoms. The standard InChI is InChI=1S/C24H27O2S.C3H6O2/c1-3-18-25-20-10-14-23(15-11-20)27(22-8-6-5-7-9-22)24-16-12-21(13-17-24)26-19-4-2;1-2-3(4)5/h5-17H,3-4,18-19H2,1-2H3;2H2,1H3,(H,4,5)/q+1;/p-1. The first-order valence-electron chi connectivity index (χ1n) is 11.0. The lowest BCUT2D eigenvalue weighted by Crippen LogP contribution is -2.19. The summed E-state index contributed by atoms with van der Waals surface area (Å²) in [6.45, 7) is 7.28. The van der Waals surface area contributed by atoms with Gasteiger partial charge in [-0.3, -0.25) is 0 Å². The molecule has 0 saturated heterocycles. The van der Waals surface area contributed by atoms with Crippen LogP contribution in [-0.2, 0) is 15.7 Å². The van der Waals surface area contributed by atoms with Crippen LogP contribution >= 0.6 is 0 Å². The number of benzene rings is 3. The first-order valence-corrected chi connectivity index (χ1v) is 12.3. The lowest BCUT2D eigenvalue weighted by Gasteiger charge is -2.10. The molecule has 0 aliphatic rings. The van der Waals surface area contributed by atoms with Gasteiger partial charge >= 0.3 is 0 Å². The fraction of sp³-hybridized carbons (Fsp3) is 0.296. The third-order valence-corrected chi connectivity index (χ3v) is 6.56. The maximum Gasteiger partial charge on any atom is 0.166 e. The van der Waals surface area contributed by atoms with Crippen LogP contribution in [0, 0.1) is 0 Å². The van der Waals surface area contributed by atoms with Gasteiger partial charge < -0.3 is 19.4 Å². The molecule has 0 spiro atoms. The Morgan fingerprint density at radius 2 is 1.06 bits per heavy atom. The highest BCUT2D eigenvalue weighted by atomic mass is 32.2. The van der Waals surface area contributed by atoms with E-state index in [1.54, 1.807) is 0 Å². The first kappa shape index (κ1) is 25.3. The molecule has 3 aromatic rings. The van der Waals surface area contributed by atoms with Crippen LogP contribution in [0.25, 0.3) is 0 Å². The molecule has 0 amide bonds. The van der Waals surface area contributed by atoms with E-state index < -0.39 is 5.97 Å². The summed E-state index contributed by atoms with van der Waals surface area (Å²) >= 11 is 0. The predicted octanol–water partition coefficient (Wildman–Crippen LogP) is 5.51. The molecule has 0 N–H and O–H groups in total. The Bertz CT molecular complexity index is 857. The van der Waals surface area contributed by atoms with Gasteiger partial charge in [-0.2, -0.15) is 0 Å². The number of ether oxygens (including phenoxy) is 2. The number of aliphatic carboxylic acids is 1. The molecule has 0 saturated carbocycles. The lowest BCUT2D eigenvalue weighted by molar-refractivity contribution is -0.305. The molecule has 0 fully saturated rings. The van der Waals surface area contributed by atoms with Gasteiger partial charge in [0, 0.05) is 5.97 Å². The lowest BCUT2D eigenvalue weighted by atomic mass is 10.3. The van der Waals surface area contributed by atoms with Crippen molar-refractivity contribution in [2.75, 3.05) is 13.2 Å². The zero-order chi connectivity index (χ0) is 23.2. The highest BCUT2D eigenvalue weighted by Crippen LogP contribution is 2.33. The van der Waals surface area contributed by atoms with E-state index in [0.29, 0.717) is 0 Å². The van der Waals surface area contributed by atoms with Gasteiger partial charge in [0.05, 0.1) is 24.1 Å². The molecule has 0 aromatic heterocycles. The Hall–Kier alpha value is -2.92. The van der Waals surface area contributed by atoms with Crippen LogP contribution in [0.3, 0.4) is 0 Å². The third kappa shape index (κ3) is 8.31. The number of carbonyl (C=O) groups is 1. The van der Waals surface area contributed by atoms with Gasteiger partial charge in [-0.1, -0.05) is 39.0 Å². The van der Waals surface area contributed by atoms with Crippen molar-refractivity contribution in [1.29, 1.82) is 0 Å². The fourth-order valence-corrected chi connectivity index (χ4v) is 4.81. The molecule has 3 aromatic carbocycles. The monoisotopic (exact) mass is 452 g/mol. The Morgan fingerprint density at radius 3 is 1.41 bits per heavy atom.